The molecule has 134 valence electrons. The van der Waals surface area contributed by atoms with Gasteiger partial charge in [-0.3, -0.25) is 0 Å². The normalized spacial score (nSPS) is 25.8. The van der Waals surface area contributed by atoms with Crippen LogP contribution < -0.4 is 0 Å². The molecule has 0 saturated carbocycles. The molecule has 1 saturated heterocycles. The van der Waals surface area contributed by atoms with Crippen molar-refractivity contribution in [1.29, 1.82) is 0 Å². The van der Waals surface area contributed by atoms with Gasteiger partial charge in [0.2, 0.25) is 0 Å². The van der Waals surface area contributed by atoms with Crippen LogP contribution in [0.1, 0.15) is 23.2 Å². The van der Waals surface area contributed by atoms with Crippen LogP contribution in [0.5, 0.6) is 5.75 Å². The van der Waals surface area contributed by atoms with Crippen LogP contribution in [0.4, 0.5) is 0 Å². The maximum absolute atomic E-state index is 10.1. The van der Waals surface area contributed by atoms with Crippen LogP contribution in [0.3, 0.4) is 0 Å². The smallest absolute Gasteiger partial charge is 0.115 e. The Morgan fingerprint density at radius 3 is 2.96 bits per heavy atom. The minimum Gasteiger partial charge on any atom is -0.508 e. The number of fused-ring (bicyclic) bond motifs is 4. The molecule has 2 aliphatic rings. The van der Waals surface area contributed by atoms with E-state index in [1.807, 2.05) is 24.3 Å². The molecule has 1 aromatic heterocycles. The molecule has 26 heavy (non-hydrogen) atoms. The highest BCUT2D eigenvalue weighted by Gasteiger charge is 2.47. The Morgan fingerprint density at radius 1 is 1.23 bits per heavy atom. The van der Waals surface area contributed by atoms with E-state index in [1.54, 1.807) is 6.07 Å². The number of nitrogens with zero attached hydrogens (tertiary/aromatic N) is 1. The third-order valence-corrected chi connectivity index (χ3v) is 6.81. The summed E-state index contributed by atoms with van der Waals surface area (Å²) < 4.78 is 0. The molecule has 1 aliphatic heterocycles. The van der Waals surface area contributed by atoms with Crippen LogP contribution in [-0.4, -0.2) is 35.1 Å². The zero-order chi connectivity index (χ0) is 17.9. The summed E-state index contributed by atoms with van der Waals surface area (Å²) in [6, 6.07) is 14.1. The number of piperidine rings is 1. The molecule has 3 nitrogen and oxygen atoms in total. The van der Waals surface area contributed by atoms with Crippen molar-refractivity contribution in [2.45, 2.75) is 24.7 Å². The highest BCUT2D eigenvalue weighted by Crippen LogP contribution is 2.49. The first-order valence-electron chi connectivity index (χ1n) is 9.32. The largest absolute Gasteiger partial charge is 0.508 e. The molecule has 0 bridgehead atoms. The lowest BCUT2D eigenvalue weighted by Gasteiger charge is -2.50. The van der Waals surface area contributed by atoms with E-state index >= 15 is 0 Å². The Kier molecular flexibility index (Phi) is 3.60. The lowest BCUT2D eigenvalue weighted by atomic mass is 9.59. The zero-order valence-electron chi connectivity index (χ0n) is 14.9. The fourth-order valence-corrected chi connectivity index (χ4v) is 5.43. The number of likely N-dealkylation sites (tertiary alicyclic amines) is 1. The number of rotatable bonds is 1. The maximum Gasteiger partial charge on any atom is 0.115 e. The number of benzene rings is 2. The molecule has 0 amide bonds. The molecular formula is C22H23ClN2O. The second kappa shape index (κ2) is 5.77. The van der Waals surface area contributed by atoms with E-state index in [9.17, 15) is 5.11 Å². The number of nitrogens with one attached hydrogen (secondary N) is 1. The van der Waals surface area contributed by atoms with E-state index in [1.165, 1.54) is 22.2 Å². The summed E-state index contributed by atoms with van der Waals surface area (Å²) in [5.41, 5.74) is 5.29. The quantitative estimate of drug-likeness (QED) is 0.664. The van der Waals surface area contributed by atoms with E-state index in [2.05, 4.69) is 29.1 Å². The summed E-state index contributed by atoms with van der Waals surface area (Å²) >= 11 is 6.21. The van der Waals surface area contributed by atoms with Crippen molar-refractivity contribution in [2.24, 2.45) is 5.92 Å². The Balaban J connectivity index is 1.68. The molecule has 1 aliphatic carbocycles. The second-order valence-corrected chi connectivity index (χ2v) is 8.50. The first kappa shape index (κ1) is 16.2. The van der Waals surface area contributed by atoms with Gasteiger partial charge in [-0.05, 0) is 74.2 Å². The molecule has 0 radical (unpaired) electrons. The van der Waals surface area contributed by atoms with Crippen molar-refractivity contribution in [3.8, 4) is 5.75 Å². The Bertz CT molecular complexity index is 995. The summed E-state index contributed by atoms with van der Waals surface area (Å²) in [5, 5.41) is 12.2. The molecular weight excluding hydrogens is 344 g/mol. The van der Waals surface area contributed by atoms with Crippen molar-refractivity contribution in [2.75, 3.05) is 20.1 Å². The topological polar surface area (TPSA) is 39.3 Å². The molecule has 3 aromatic rings. The molecule has 0 spiro atoms. The first-order valence-corrected chi connectivity index (χ1v) is 9.70. The molecule has 2 heterocycles. The van der Waals surface area contributed by atoms with Crippen molar-refractivity contribution < 1.29 is 5.11 Å². The van der Waals surface area contributed by atoms with E-state index in [0.717, 1.165) is 42.9 Å². The van der Waals surface area contributed by atoms with Gasteiger partial charge in [0.15, 0.2) is 0 Å². The summed E-state index contributed by atoms with van der Waals surface area (Å²) in [6.07, 6.45) is 3.18. The Labute approximate surface area is 158 Å². The van der Waals surface area contributed by atoms with Crippen molar-refractivity contribution in [3.63, 3.8) is 0 Å². The Morgan fingerprint density at radius 2 is 2.12 bits per heavy atom. The summed E-state index contributed by atoms with van der Waals surface area (Å²) in [6.45, 7) is 2.18. The van der Waals surface area contributed by atoms with E-state index in [4.69, 9.17) is 11.6 Å². The SMILES string of the molecule is CN1CC[C@]2(c3cccc(O)c3)Cc3[nH]c4cc(Cl)ccc4c3CC2C1. The highest BCUT2D eigenvalue weighted by atomic mass is 35.5. The molecule has 2 aromatic carbocycles. The summed E-state index contributed by atoms with van der Waals surface area (Å²) in [4.78, 5) is 6.10. The van der Waals surface area contributed by atoms with Gasteiger partial charge >= 0.3 is 0 Å². The standard InChI is InChI=1S/C22H23ClN2O/c1-25-8-7-22(14-3-2-4-17(26)9-14)12-21-19(10-15(22)13-25)18-6-5-16(23)11-20(18)24-21/h2-6,9,11,15,24,26H,7-8,10,12-13H2,1H3/t15?,22-/m1/s1. The third kappa shape index (κ3) is 2.38. The highest BCUT2D eigenvalue weighted by molar-refractivity contribution is 6.31. The lowest BCUT2D eigenvalue weighted by Crippen LogP contribution is -2.52. The Hall–Kier alpha value is -1.97. The molecule has 2 atom stereocenters. The molecule has 5 rings (SSSR count). The number of H-pyrrole nitrogens is 1. The van der Waals surface area contributed by atoms with Crippen LogP contribution in [0, 0.1) is 5.92 Å². The van der Waals surface area contributed by atoms with Crippen LogP contribution in [0.25, 0.3) is 10.9 Å². The number of aromatic hydroxyl groups is 1. The van der Waals surface area contributed by atoms with Gasteiger partial charge in [-0.15, -0.1) is 0 Å². The minimum absolute atomic E-state index is 0.0862. The number of aromatic nitrogens is 1. The lowest BCUT2D eigenvalue weighted by molar-refractivity contribution is 0.0994. The van der Waals surface area contributed by atoms with Gasteiger partial charge in [-0.1, -0.05) is 29.8 Å². The molecule has 1 fully saturated rings. The van der Waals surface area contributed by atoms with Crippen LogP contribution in [-0.2, 0) is 18.3 Å². The number of phenols is 1. The first-order chi connectivity index (χ1) is 12.5. The predicted molar refractivity (Wildman–Crippen MR) is 106 cm³/mol. The van der Waals surface area contributed by atoms with Crippen molar-refractivity contribution in [3.05, 3.63) is 64.3 Å². The van der Waals surface area contributed by atoms with E-state index in [0.29, 0.717) is 11.7 Å². The van der Waals surface area contributed by atoms with Crippen LogP contribution >= 0.6 is 11.6 Å². The number of hydrogen-bond acceptors (Lipinski definition) is 2. The fraction of sp³-hybridized carbons (Fsp3) is 0.364. The maximum atomic E-state index is 10.1. The number of hydrogen-bond donors (Lipinski definition) is 2. The van der Waals surface area contributed by atoms with Gasteiger partial charge in [-0.2, -0.15) is 0 Å². The number of halogens is 1. The molecule has 1 unspecified atom stereocenters. The van der Waals surface area contributed by atoms with Crippen molar-refractivity contribution >= 4 is 22.5 Å². The summed E-state index contributed by atoms with van der Waals surface area (Å²) in [7, 11) is 2.22. The number of phenolic OH excluding ortho intramolecular Hbond substituents is 1. The van der Waals surface area contributed by atoms with E-state index < -0.39 is 0 Å². The number of aromatic amines is 1. The van der Waals surface area contributed by atoms with Crippen LogP contribution in [0.2, 0.25) is 5.02 Å². The van der Waals surface area contributed by atoms with Crippen molar-refractivity contribution in [1.82, 2.24) is 9.88 Å². The van der Waals surface area contributed by atoms with E-state index in [-0.39, 0.29) is 5.41 Å². The average molecular weight is 367 g/mol. The molecule has 4 heteroatoms. The monoisotopic (exact) mass is 366 g/mol. The predicted octanol–water partition coefficient (Wildman–Crippen LogP) is 4.52. The van der Waals surface area contributed by atoms with Gasteiger partial charge in [0, 0.05) is 33.6 Å². The minimum atomic E-state index is 0.0862. The zero-order valence-corrected chi connectivity index (χ0v) is 15.7. The van der Waals surface area contributed by atoms with Gasteiger partial charge < -0.3 is 15.0 Å². The van der Waals surface area contributed by atoms with Gasteiger partial charge in [0.05, 0.1) is 0 Å². The van der Waals surface area contributed by atoms with Gasteiger partial charge in [0.1, 0.15) is 5.75 Å². The fourth-order valence-electron chi connectivity index (χ4n) is 5.26. The average Bonchev–Trinajstić information content (AvgIpc) is 2.95. The second-order valence-electron chi connectivity index (χ2n) is 8.07. The summed E-state index contributed by atoms with van der Waals surface area (Å²) in [5.74, 6) is 0.911. The van der Waals surface area contributed by atoms with Gasteiger partial charge in [0.25, 0.3) is 0 Å². The third-order valence-electron chi connectivity index (χ3n) is 6.57. The van der Waals surface area contributed by atoms with Gasteiger partial charge in [-0.25, -0.2) is 0 Å². The van der Waals surface area contributed by atoms with Crippen LogP contribution in [0.15, 0.2) is 42.5 Å². The molecule has 2 N–H and O–H groups in total.